The Morgan fingerprint density at radius 2 is 1.94 bits per heavy atom. The molecule has 5 heteroatoms. The first-order valence-electron chi connectivity index (χ1n) is 6.12. The number of hydrogen-bond acceptors (Lipinski definition) is 3. The fraction of sp³-hybridized carbons (Fsp3) is 0.833. The Hall–Kier alpha value is -1.10. The topological polar surface area (TPSA) is 75.6 Å². The van der Waals surface area contributed by atoms with Crippen LogP contribution in [0.2, 0.25) is 0 Å². The standard InChI is InChI=1S/C12H21NO4/c1-17-12(7-4-8-12)9-13-10(14)5-2-3-6-11(15)16/h2-9H2,1H3,(H,13,14)(H,15,16). The summed E-state index contributed by atoms with van der Waals surface area (Å²) in [6, 6.07) is 0. The Morgan fingerprint density at radius 3 is 2.41 bits per heavy atom. The van der Waals surface area contributed by atoms with Gasteiger partial charge in [0.05, 0.1) is 5.60 Å². The van der Waals surface area contributed by atoms with Crippen molar-refractivity contribution in [3.63, 3.8) is 0 Å². The first-order valence-corrected chi connectivity index (χ1v) is 6.12. The molecule has 1 saturated carbocycles. The number of carboxylic acid groups (broad SMARTS) is 1. The van der Waals surface area contributed by atoms with Crippen LogP contribution in [-0.4, -0.2) is 36.2 Å². The number of amides is 1. The van der Waals surface area contributed by atoms with E-state index in [1.165, 1.54) is 0 Å². The first-order chi connectivity index (χ1) is 8.08. The number of unbranched alkanes of at least 4 members (excludes halogenated alkanes) is 1. The average molecular weight is 243 g/mol. The molecule has 98 valence electrons. The Bertz CT molecular complexity index is 268. The van der Waals surface area contributed by atoms with E-state index >= 15 is 0 Å². The van der Waals surface area contributed by atoms with E-state index in [-0.39, 0.29) is 17.9 Å². The number of carboxylic acids is 1. The molecule has 17 heavy (non-hydrogen) atoms. The predicted molar refractivity (Wildman–Crippen MR) is 62.7 cm³/mol. The second kappa shape index (κ2) is 6.59. The van der Waals surface area contributed by atoms with Gasteiger partial charge < -0.3 is 15.2 Å². The van der Waals surface area contributed by atoms with Crippen LogP contribution in [0.4, 0.5) is 0 Å². The molecule has 0 aromatic rings. The average Bonchev–Trinajstić information content (AvgIpc) is 2.23. The molecule has 0 spiro atoms. The van der Waals surface area contributed by atoms with Crippen molar-refractivity contribution in [3.05, 3.63) is 0 Å². The Labute approximate surface area is 102 Å². The van der Waals surface area contributed by atoms with Crippen LogP contribution >= 0.6 is 0 Å². The lowest BCUT2D eigenvalue weighted by Gasteiger charge is -2.40. The summed E-state index contributed by atoms with van der Waals surface area (Å²) in [5.74, 6) is -0.822. The summed E-state index contributed by atoms with van der Waals surface area (Å²) in [6.07, 6.45) is 4.87. The highest BCUT2D eigenvalue weighted by atomic mass is 16.5. The van der Waals surface area contributed by atoms with E-state index in [9.17, 15) is 9.59 Å². The van der Waals surface area contributed by atoms with Crippen molar-refractivity contribution in [3.8, 4) is 0 Å². The third-order valence-electron chi connectivity index (χ3n) is 3.35. The summed E-state index contributed by atoms with van der Waals surface area (Å²) in [5.41, 5.74) is -0.142. The maximum Gasteiger partial charge on any atom is 0.303 e. The second-order valence-corrected chi connectivity index (χ2v) is 4.62. The van der Waals surface area contributed by atoms with E-state index < -0.39 is 5.97 Å². The molecule has 0 aromatic heterocycles. The lowest BCUT2D eigenvalue weighted by Crippen LogP contribution is -2.49. The highest BCUT2D eigenvalue weighted by molar-refractivity contribution is 5.76. The van der Waals surface area contributed by atoms with Gasteiger partial charge in [0.25, 0.3) is 0 Å². The van der Waals surface area contributed by atoms with Crippen LogP contribution in [0.1, 0.15) is 44.9 Å². The van der Waals surface area contributed by atoms with Crippen molar-refractivity contribution in [2.45, 2.75) is 50.5 Å². The minimum Gasteiger partial charge on any atom is -0.481 e. The van der Waals surface area contributed by atoms with Gasteiger partial charge in [0.2, 0.25) is 5.91 Å². The minimum absolute atomic E-state index is 0.0151. The molecule has 5 nitrogen and oxygen atoms in total. The van der Waals surface area contributed by atoms with Crippen molar-refractivity contribution in [2.24, 2.45) is 0 Å². The molecule has 0 saturated heterocycles. The third kappa shape index (κ3) is 4.73. The van der Waals surface area contributed by atoms with Gasteiger partial charge in [-0.1, -0.05) is 0 Å². The predicted octanol–water partition coefficient (Wildman–Crippen LogP) is 1.32. The van der Waals surface area contributed by atoms with Gasteiger partial charge in [-0.3, -0.25) is 9.59 Å². The van der Waals surface area contributed by atoms with E-state index in [0.29, 0.717) is 25.8 Å². The number of hydrogen-bond donors (Lipinski definition) is 2. The highest BCUT2D eigenvalue weighted by Gasteiger charge is 2.36. The Morgan fingerprint density at radius 1 is 1.29 bits per heavy atom. The number of nitrogens with one attached hydrogen (secondary N) is 1. The van der Waals surface area contributed by atoms with Crippen LogP contribution in [0.15, 0.2) is 0 Å². The van der Waals surface area contributed by atoms with Crippen LogP contribution < -0.4 is 5.32 Å². The molecule has 1 fully saturated rings. The van der Waals surface area contributed by atoms with Crippen LogP contribution in [-0.2, 0) is 14.3 Å². The fourth-order valence-corrected chi connectivity index (χ4v) is 1.93. The van der Waals surface area contributed by atoms with Gasteiger partial charge >= 0.3 is 5.97 Å². The molecule has 0 aliphatic heterocycles. The number of methoxy groups -OCH3 is 1. The zero-order chi connectivity index (χ0) is 12.7. The largest absolute Gasteiger partial charge is 0.481 e. The monoisotopic (exact) mass is 243 g/mol. The molecule has 0 heterocycles. The number of rotatable bonds is 8. The molecular weight excluding hydrogens is 222 g/mol. The van der Waals surface area contributed by atoms with Gasteiger partial charge in [-0.15, -0.1) is 0 Å². The lowest BCUT2D eigenvalue weighted by atomic mass is 9.80. The van der Waals surface area contributed by atoms with Crippen LogP contribution in [0.25, 0.3) is 0 Å². The first kappa shape index (κ1) is 14.0. The normalized spacial score (nSPS) is 17.2. The zero-order valence-corrected chi connectivity index (χ0v) is 10.3. The van der Waals surface area contributed by atoms with Gasteiger partial charge in [0, 0.05) is 26.5 Å². The van der Waals surface area contributed by atoms with Gasteiger partial charge in [-0.2, -0.15) is 0 Å². The van der Waals surface area contributed by atoms with Gasteiger partial charge in [-0.25, -0.2) is 0 Å². The third-order valence-corrected chi connectivity index (χ3v) is 3.35. The van der Waals surface area contributed by atoms with Crippen molar-refractivity contribution >= 4 is 11.9 Å². The molecule has 2 N–H and O–H groups in total. The SMILES string of the molecule is COC1(CNC(=O)CCCCC(=O)O)CCC1. The maximum absolute atomic E-state index is 11.5. The summed E-state index contributed by atoms with van der Waals surface area (Å²) >= 11 is 0. The van der Waals surface area contributed by atoms with E-state index in [1.807, 2.05) is 0 Å². The molecule has 1 amide bonds. The quantitative estimate of drug-likeness (QED) is 0.630. The number of carbonyl (C=O) groups is 2. The minimum atomic E-state index is -0.807. The molecular formula is C12H21NO4. The van der Waals surface area contributed by atoms with Crippen LogP contribution in [0.3, 0.4) is 0 Å². The molecule has 1 aliphatic carbocycles. The van der Waals surface area contributed by atoms with E-state index in [1.54, 1.807) is 7.11 Å². The van der Waals surface area contributed by atoms with E-state index in [4.69, 9.17) is 9.84 Å². The molecule has 0 bridgehead atoms. The fourth-order valence-electron chi connectivity index (χ4n) is 1.93. The smallest absolute Gasteiger partial charge is 0.303 e. The number of carbonyl (C=O) groups excluding carboxylic acids is 1. The lowest BCUT2D eigenvalue weighted by molar-refractivity contribution is -0.137. The summed E-state index contributed by atoms with van der Waals surface area (Å²) in [6.45, 7) is 0.571. The van der Waals surface area contributed by atoms with Gasteiger partial charge in [-0.05, 0) is 32.1 Å². The van der Waals surface area contributed by atoms with E-state index in [2.05, 4.69) is 5.32 Å². The number of aliphatic carboxylic acids is 1. The Balaban J connectivity index is 2.07. The second-order valence-electron chi connectivity index (χ2n) is 4.62. The van der Waals surface area contributed by atoms with Crippen molar-refractivity contribution in [1.29, 1.82) is 0 Å². The maximum atomic E-state index is 11.5. The van der Waals surface area contributed by atoms with Crippen molar-refractivity contribution < 1.29 is 19.4 Å². The summed E-state index contributed by atoms with van der Waals surface area (Å²) < 4.78 is 5.39. The van der Waals surface area contributed by atoms with Crippen molar-refractivity contribution in [1.82, 2.24) is 5.32 Å². The molecule has 0 aromatic carbocycles. The van der Waals surface area contributed by atoms with E-state index in [0.717, 1.165) is 19.3 Å². The Kier molecular flexibility index (Phi) is 5.41. The summed E-state index contributed by atoms with van der Waals surface area (Å²) in [7, 11) is 1.68. The molecule has 0 unspecified atom stereocenters. The zero-order valence-electron chi connectivity index (χ0n) is 10.3. The number of ether oxygens (including phenoxy) is 1. The molecule has 0 atom stereocenters. The summed E-state index contributed by atoms with van der Waals surface area (Å²) in [4.78, 5) is 21.7. The highest BCUT2D eigenvalue weighted by Crippen LogP contribution is 2.34. The summed E-state index contributed by atoms with van der Waals surface area (Å²) in [5, 5.41) is 11.3. The van der Waals surface area contributed by atoms with Gasteiger partial charge in [0.1, 0.15) is 0 Å². The van der Waals surface area contributed by atoms with Crippen LogP contribution in [0, 0.1) is 0 Å². The van der Waals surface area contributed by atoms with Gasteiger partial charge in [0.15, 0.2) is 0 Å². The molecule has 0 radical (unpaired) electrons. The molecule has 1 aliphatic rings. The van der Waals surface area contributed by atoms with Crippen LogP contribution in [0.5, 0.6) is 0 Å². The van der Waals surface area contributed by atoms with Crippen molar-refractivity contribution in [2.75, 3.05) is 13.7 Å². The molecule has 1 rings (SSSR count).